The van der Waals surface area contributed by atoms with Crippen molar-refractivity contribution in [1.29, 1.82) is 0 Å². The molecule has 2 heterocycles. The fraction of sp³-hybridized carbons (Fsp3) is 0.167. The van der Waals surface area contributed by atoms with Crippen LogP contribution in [0, 0.1) is 5.92 Å². The van der Waals surface area contributed by atoms with E-state index in [0.717, 1.165) is 16.2 Å². The maximum atomic E-state index is 13.5. The number of rotatable bonds is 4. The number of amides is 2. The predicted octanol–water partition coefficient (Wildman–Crippen LogP) is 4.40. The Morgan fingerprint density at radius 1 is 0.871 bits per heavy atom. The number of hydrogen-bond donors (Lipinski definition) is 0. The molecule has 0 radical (unpaired) electrons. The number of fused-ring (bicyclic) bond motifs is 1. The fourth-order valence-corrected chi connectivity index (χ4v) is 4.44. The average Bonchev–Trinajstić information content (AvgIpc) is 3.31. The Labute approximate surface area is 184 Å². The van der Waals surface area contributed by atoms with E-state index < -0.39 is 24.0 Å². The summed E-state index contributed by atoms with van der Waals surface area (Å²) in [6, 6.07) is 23.2. The molecular weight excluding hydrogens is 416 g/mol. The molecule has 3 aromatic carbocycles. The summed E-state index contributed by atoms with van der Waals surface area (Å²) in [6.45, 7) is 0. The molecule has 2 saturated heterocycles. The van der Waals surface area contributed by atoms with Crippen LogP contribution in [0.5, 0.6) is 5.75 Å². The van der Waals surface area contributed by atoms with E-state index in [1.807, 2.05) is 54.6 Å². The van der Waals surface area contributed by atoms with Crippen molar-refractivity contribution >= 4 is 34.8 Å². The first-order valence-corrected chi connectivity index (χ1v) is 10.3. The van der Waals surface area contributed by atoms with Gasteiger partial charge in [-0.2, -0.15) is 0 Å². The normalized spacial score (nSPS) is 22.7. The summed E-state index contributed by atoms with van der Waals surface area (Å²) in [5.74, 6) is -0.753. The van der Waals surface area contributed by atoms with Crippen LogP contribution in [-0.4, -0.2) is 25.0 Å². The van der Waals surface area contributed by atoms with Gasteiger partial charge in [0.1, 0.15) is 11.7 Å². The smallest absolute Gasteiger partial charge is 0.266 e. The molecule has 2 fully saturated rings. The lowest BCUT2D eigenvalue weighted by Gasteiger charge is -2.29. The Morgan fingerprint density at radius 3 is 2.23 bits per heavy atom. The van der Waals surface area contributed by atoms with Gasteiger partial charge in [0.05, 0.1) is 29.5 Å². The Morgan fingerprint density at radius 2 is 1.55 bits per heavy atom. The van der Waals surface area contributed by atoms with E-state index in [2.05, 4.69) is 0 Å². The number of carbonyl (C=O) groups is 2. The molecule has 0 spiro atoms. The minimum atomic E-state index is -0.934. The third-order valence-electron chi connectivity index (χ3n) is 5.68. The molecule has 0 unspecified atom stereocenters. The number of hydrogen-bond acceptors (Lipinski definition) is 5. The van der Waals surface area contributed by atoms with E-state index in [-0.39, 0.29) is 5.91 Å². The number of nitrogens with zero attached hydrogens (tertiary/aromatic N) is 2. The molecule has 2 aliphatic rings. The number of carbonyl (C=O) groups excluding carboxylic acids is 2. The van der Waals surface area contributed by atoms with Crippen molar-refractivity contribution < 1.29 is 19.2 Å². The van der Waals surface area contributed by atoms with Gasteiger partial charge in [-0.1, -0.05) is 54.1 Å². The zero-order valence-electron chi connectivity index (χ0n) is 16.6. The topological polar surface area (TPSA) is 59.1 Å². The first-order chi connectivity index (χ1) is 15.1. The van der Waals surface area contributed by atoms with Gasteiger partial charge in [-0.15, -0.1) is 0 Å². The van der Waals surface area contributed by atoms with Crippen LogP contribution in [0.25, 0.3) is 0 Å². The molecule has 0 N–H and O–H groups in total. The van der Waals surface area contributed by atoms with E-state index >= 15 is 0 Å². The predicted molar refractivity (Wildman–Crippen MR) is 117 cm³/mol. The van der Waals surface area contributed by atoms with Crippen molar-refractivity contribution in [2.24, 2.45) is 5.92 Å². The van der Waals surface area contributed by atoms with Gasteiger partial charge >= 0.3 is 0 Å². The van der Waals surface area contributed by atoms with Crippen molar-refractivity contribution in [3.8, 4) is 5.75 Å². The summed E-state index contributed by atoms with van der Waals surface area (Å²) in [4.78, 5) is 34.1. The van der Waals surface area contributed by atoms with Crippen LogP contribution < -0.4 is 14.7 Å². The monoisotopic (exact) mass is 434 g/mol. The van der Waals surface area contributed by atoms with Gasteiger partial charge in [-0.05, 0) is 42.0 Å². The molecule has 0 aliphatic carbocycles. The molecule has 7 heteroatoms. The maximum absolute atomic E-state index is 13.5. The Hall–Kier alpha value is -3.35. The second-order valence-electron chi connectivity index (χ2n) is 7.39. The van der Waals surface area contributed by atoms with E-state index in [4.69, 9.17) is 21.2 Å². The second-order valence-corrected chi connectivity index (χ2v) is 7.80. The number of benzene rings is 3. The van der Waals surface area contributed by atoms with E-state index in [1.165, 1.54) is 0 Å². The van der Waals surface area contributed by atoms with E-state index in [1.54, 1.807) is 36.4 Å². The number of anilines is 2. The van der Waals surface area contributed by atoms with Crippen LogP contribution in [0.4, 0.5) is 11.4 Å². The number of hydroxylamine groups is 1. The number of halogens is 1. The molecule has 2 amide bonds. The molecule has 0 saturated carbocycles. The summed E-state index contributed by atoms with van der Waals surface area (Å²) < 4.78 is 5.27. The van der Waals surface area contributed by atoms with Gasteiger partial charge in [0.25, 0.3) is 5.91 Å². The van der Waals surface area contributed by atoms with E-state index in [0.29, 0.717) is 16.5 Å². The zero-order valence-corrected chi connectivity index (χ0v) is 17.4. The second kappa shape index (κ2) is 7.72. The molecule has 6 nitrogen and oxygen atoms in total. The molecule has 0 aromatic heterocycles. The molecule has 3 aromatic rings. The van der Waals surface area contributed by atoms with Gasteiger partial charge in [-0.3, -0.25) is 14.4 Å². The van der Waals surface area contributed by atoms with Crippen LogP contribution in [0.2, 0.25) is 5.02 Å². The maximum Gasteiger partial charge on any atom is 0.266 e. The third-order valence-corrected chi connectivity index (χ3v) is 6.00. The molecule has 2 aliphatic heterocycles. The highest BCUT2D eigenvalue weighted by Gasteiger charge is 2.60. The summed E-state index contributed by atoms with van der Waals surface area (Å²) in [7, 11) is 1.60. The SMILES string of the molecule is COc1ccc([C@H]2[C@@H]3C(=O)N(c4ccccc4Cl)C(=O)[C@H]3ON2c2ccccc2)cc1. The molecule has 5 rings (SSSR count). The van der Waals surface area contributed by atoms with Crippen molar-refractivity contribution in [3.63, 3.8) is 0 Å². The van der Waals surface area contributed by atoms with Crippen LogP contribution in [0.1, 0.15) is 11.6 Å². The Kier molecular flexibility index (Phi) is 4.88. The largest absolute Gasteiger partial charge is 0.497 e. The summed E-state index contributed by atoms with van der Waals surface area (Å²) >= 11 is 6.29. The van der Waals surface area contributed by atoms with Crippen LogP contribution in [0.15, 0.2) is 78.9 Å². The highest BCUT2D eigenvalue weighted by atomic mass is 35.5. The van der Waals surface area contributed by atoms with Gasteiger partial charge in [-0.25, -0.2) is 9.96 Å². The van der Waals surface area contributed by atoms with Crippen molar-refractivity contribution in [1.82, 2.24) is 0 Å². The van der Waals surface area contributed by atoms with Gasteiger partial charge in [0, 0.05) is 0 Å². The first kappa shape index (κ1) is 19.6. The standard InChI is InChI=1S/C24H19ClN2O4/c1-30-17-13-11-15(12-14-17)21-20-22(31-27(21)16-7-3-2-4-8-16)24(29)26(23(20)28)19-10-6-5-9-18(19)25/h2-14,20-22H,1H3/t20-,21-,22-/m0/s1. The quantitative estimate of drug-likeness (QED) is 0.570. The Balaban J connectivity index is 1.59. The number of methoxy groups -OCH3 is 1. The highest BCUT2D eigenvalue weighted by Crippen LogP contribution is 2.48. The van der Waals surface area contributed by atoms with Crippen LogP contribution >= 0.6 is 11.6 Å². The van der Waals surface area contributed by atoms with E-state index in [9.17, 15) is 9.59 Å². The number of ether oxygens (including phenoxy) is 1. The molecule has 156 valence electrons. The van der Waals surface area contributed by atoms with Crippen molar-refractivity contribution in [2.75, 3.05) is 17.1 Å². The number of imide groups is 1. The number of para-hydroxylation sites is 2. The summed E-state index contributed by atoms with van der Waals surface area (Å²) in [6.07, 6.45) is -0.934. The van der Waals surface area contributed by atoms with Gasteiger partial charge < -0.3 is 4.74 Å². The minimum Gasteiger partial charge on any atom is -0.497 e. The van der Waals surface area contributed by atoms with Crippen LogP contribution in [-0.2, 0) is 14.4 Å². The van der Waals surface area contributed by atoms with Crippen molar-refractivity contribution in [3.05, 3.63) is 89.4 Å². The third kappa shape index (κ3) is 3.15. The summed E-state index contributed by atoms with van der Waals surface area (Å²) in [5.41, 5.74) is 1.99. The zero-order chi connectivity index (χ0) is 21.5. The molecular formula is C24H19ClN2O4. The first-order valence-electron chi connectivity index (χ1n) is 9.87. The molecule has 31 heavy (non-hydrogen) atoms. The molecule has 3 atom stereocenters. The average molecular weight is 435 g/mol. The lowest BCUT2D eigenvalue weighted by atomic mass is 9.90. The van der Waals surface area contributed by atoms with Crippen LogP contribution in [0.3, 0.4) is 0 Å². The van der Waals surface area contributed by atoms with Crippen molar-refractivity contribution in [2.45, 2.75) is 12.1 Å². The lowest BCUT2D eigenvalue weighted by Crippen LogP contribution is -2.37. The highest BCUT2D eigenvalue weighted by molar-refractivity contribution is 6.36. The molecule has 0 bridgehead atoms. The lowest BCUT2D eigenvalue weighted by molar-refractivity contribution is -0.126. The van der Waals surface area contributed by atoms with Gasteiger partial charge in [0.15, 0.2) is 6.10 Å². The minimum absolute atomic E-state index is 0.331. The van der Waals surface area contributed by atoms with Gasteiger partial charge in [0.2, 0.25) is 5.91 Å². The fourth-order valence-electron chi connectivity index (χ4n) is 4.22. The summed E-state index contributed by atoms with van der Waals surface area (Å²) in [5, 5.41) is 2.00. The Bertz CT molecular complexity index is 1140.